The molecule has 0 aromatic heterocycles. The molecule has 1 saturated carbocycles. The van der Waals surface area contributed by atoms with Crippen molar-refractivity contribution in [2.45, 2.75) is 38.1 Å². The molecule has 1 aliphatic rings. The summed E-state index contributed by atoms with van der Waals surface area (Å²) in [7, 11) is 0. The SMILES string of the molecule is Cc1ccc(C(=O)NC2(CN)CCCC2)cc1. The van der Waals surface area contributed by atoms with Crippen LogP contribution in [0.1, 0.15) is 41.6 Å². The van der Waals surface area contributed by atoms with Crippen molar-refractivity contribution in [3.8, 4) is 0 Å². The van der Waals surface area contributed by atoms with Gasteiger partial charge in [0.25, 0.3) is 5.91 Å². The highest BCUT2D eigenvalue weighted by Crippen LogP contribution is 2.28. The number of rotatable bonds is 3. The third kappa shape index (κ3) is 2.67. The van der Waals surface area contributed by atoms with Crippen molar-refractivity contribution in [2.75, 3.05) is 6.54 Å². The lowest BCUT2D eigenvalue weighted by Gasteiger charge is -2.28. The van der Waals surface area contributed by atoms with Gasteiger partial charge in [-0.2, -0.15) is 0 Å². The number of carbonyl (C=O) groups is 1. The predicted octanol–water partition coefficient (Wildman–Crippen LogP) is 2.00. The van der Waals surface area contributed by atoms with Gasteiger partial charge in [0.1, 0.15) is 0 Å². The Bertz CT molecular complexity index is 391. The summed E-state index contributed by atoms with van der Waals surface area (Å²) in [5.41, 5.74) is 7.52. The summed E-state index contributed by atoms with van der Waals surface area (Å²) in [5, 5.41) is 3.11. The van der Waals surface area contributed by atoms with Crippen LogP contribution in [-0.2, 0) is 0 Å². The maximum absolute atomic E-state index is 12.1. The minimum absolute atomic E-state index is 0.00245. The summed E-state index contributed by atoms with van der Waals surface area (Å²) < 4.78 is 0. The first-order valence-electron chi connectivity index (χ1n) is 6.24. The van der Waals surface area contributed by atoms with Gasteiger partial charge in [-0.15, -0.1) is 0 Å². The highest BCUT2D eigenvalue weighted by Gasteiger charge is 2.33. The van der Waals surface area contributed by atoms with Crippen LogP contribution in [0, 0.1) is 6.92 Å². The molecule has 0 spiro atoms. The maximum Gasteiger partial charge on any atom is 0.251 e. The highest BCUT2D eigenvalue weighted by atomic mass is 16.1. The Hall–Kier alpha value is -1.35. The van der Waals surface area contributed by atoms with E-state index in [4.69, 9.17) is 5.73 Å². The van der Waals surface area contributed by atoms with E-state index >= 15 is 0 Å². The number of hydrogen-bond acceptors (Lipinski definition) is 2. The van der Waals surface area contributed by atoms with Gasteiger partial charge in [0, 0.05) is 12.1 Å². The molecule has 1 aliphatic carbocycles. The van der Waals surface area contributed by atoms with E-state index in [1.54, 1.807) is 0 Å². The van der Waals surface area contributed by atoms with Gasteiger partial charge < -0.3 is 11.1 Å². The van der Waals surface area contributed by atoms with Crippen LogP contribution in [0.5, 0.6) is 0 Å². The zero-order chi connectivity index (χ0) is 12.3. The standard InChI is InChI=1S/C14H20N2O/c1-11-4-6-12(7-5-11)13(17)16-14(10-15)8-2-3-9-14/h4-7H,2-3,8-10,15H2,1H3,(H,16,17). The molecule has 17 heavy (non-hydrogen) atoms. The van der Waals surface area contributed by atoms with Crippen molar-refractivity contribution in [3.63, 3.8) is 0 Å². The number of amides is 1. The van der Waals surface area contributed by atoms with Gasteiger partial charge in [0.2, 0.25) is 0 Å². The molecule has 0 atom stereocenters. The van der Waals surface area contributed by atoms with Crippen LogP contribution >= 0.6 is 0 Å². The molecule has 0 bridgehead atoms. The number of nitrogens with two attached hydrogens (primary N) is 1. The lowest BCUT2D eigenvalue weighted by atomic mass is 9.97. The second-order valence-corrected chi connectivity index (χ2v) is 5.01. The van der Waals surface area contributed by atoms with Crippen LogP contribution in [0.15, 0.2) is 24.3 Å². The Morgan fingerprint density at radius 1 is 1.29 bits per heavy atom. The van der Waals surface area contributed by atoms with E-state index in [1.165, 1.54) is 0 Å². The Kier molecular flexibility index (Phi) is 3.48. The molecule has 3 N–H and O–H groups in total. The minimum atomic E-state index is -0.165. The van der Waals surface area contributed by atoms with E-state index in [9.17, 15) is 4.79 Å². The zero-order valence-corrected chi connectivity index (χ0v) is 10.3. The van der Waals surface area contributed by atoms with Gasteiger partial charge in [0.15, 0.2) is 0 Å². The van der Waals surface area contributed by atoms with Gasteiger partial charge in [0.05, 0.1) is 5.54 Å². The molecule has 1 aromatic carbocycles. The minimum Gasteiger partial charge on any atom is -0.345 e. The average Bonchev–Trinajstić information content (AvgIpc) is 2.79. The molecule has 3 nitrogen and oxygen atoms in total. The highest BCUT2D eigenvalue weighted by molar-refractivity contribution is 5.94. The molecule has 92 valence electrons. The molecule has 0 heterocycles. The summed E-state index contributed by atoms with van der Waals surface area (Å²) in [6, 6.07) is 7.64. The third-order valence-electron chi connectivity index (χ3n) is 3.64. The lowest BCUT2D eigenvalue weighted by Crippen LogP contribution is -2.51. The summed E-state index contributed by atoms with van der Waals surface area (Å²) in [6.07, 6.45) is 4.32. The first kappa shape index (κ1) is 12.1. The van der Waals surface area contributed by atoms with Crippen LogP contribution in [0.25, 0.3) is 0 Å². The second kappa shape index (κ2) is 4.88. The van der Waals surface area contributed by atoms with Gasteiger partial charge in [-0.3, -0.25) is 4.79 Å². The summed E-state index contributed by atoms with van der Waals surface area (Å²) in [6.45, 7) is 2.55. The van der Waals surface area contributed by atoms with Crippen molar-refractivity contribution in [3.05, 3.63) is 35.4 Å². The molecule has 0 unspecified atom stereocenters. The Morgan fingerprint density at radius 3 is 2.41 bits per heavy atom. The monoisotopic (exact) mass is 232 g/mol. The van der Waals surface area contributed by atoms with Crippen molar-refractivity contribution < 1.29 is 4.79 Å². The molecule has 0 aliphatic heterocycles. The van der Waals surface area contributed by atoms with Gasteiger partial charge in [-0.05, 0) is 31.9 Å². The number of hydrogen-bond donors (Lipinski definition) is 2. The number of aryl methyl sites for hydroxylation is 1. The number of carbonyl (C=O) groups excluding carboxylic acids is 1. The van der Waals surface area contributed by atoms with Crippen LogP contribution < -0.4 is 11.1 Å². The molecule has 1 aromatic rings. The normalized spacial score (nSPS) is 18.0. The van der Waals surface area contributed by atoms with E-state index in [-0.39, 0.29) is 11.4 Å². The Balaban J connectivity index is 2.08. The van der Waals surface area contributed by atoms with Gasteiger partial charge in [-0.1, -0.05) is 30.5 Å². The average molecular weight is 232 g/mol. The summed E-state index contributed by atoms with van der Waals surface area (Å²) in [4.78, 5) is 12.1. The van der Waals surface area contributed by atoms with Crippen molar-refractivity contribution in [2.24, 2.45) is 5.73 Å². The number of benzene rings is 1. The van der Waals surface area contributed by atoms with Gasteiger partial charge >= 0.3 is 0 Å². The van der Waals surface area contributed by atoms with E-state index < -0.39 is 0 Å². The topological polar surface area (TPSA) is 55.1 Å². The molecule has 0 radical (unpaired) electrons. The molecule has 1 fully saturated rings. The lowest BCUT2D eigenvalue weighted by molar-refractivity contribution is 0.0903. The zero-order valence-electron chi connectivity index (χ0n) is 10.3. The third-order valence-corrected chi connectivity index (χ3v) is 3.64. The molecule has 3 heteroatoms. The smallest absolute Gasteiger partial charge is 0.251 e. The predicted molar refractivity (Wildman–Crippen MR) is 68.9 cm³/mol. The van der Waals surface area contributed by atoms with Crippen molar-refractivity contribution >= 4 is 5.91 Å². The molecular weight excluding hydrogens is 212 g/mol. The fraction of sp³-hybridized carbons (Fsp3) is 0.500. The number of nitrogens with one attached hydrogen (secondary N) is 1. The van der Waals surface area contributed by atoms with E-state index in [0.29, 0.717) is 6.54 Å². The molecule has 1 amide bonds. The van der Waals surface area contributed by atoms with E-state index in [1.807, 2.05) is 31.2 Å². The second-order valence-electron chi connectivity index (χ2n) is 5.01. The van der Waals surface area contributed by atoms with Crippen LogP contribution in [0.4, 0.5) is 0 Å². The fourth-order valence-corrected chi connectivity index (χ4v) is 2.45. The summed E-state index contributed by atoms with van der Waals surface area (Å²) in [5.74, 6) is -0.00245. The Labute approximate surface area is 102 Å². The molecule has 2 rings (SSSR count). The quantitative estimate of drug-likeness (QED) is 0.837. The Morgan fingerprint density at radius 2 is 1.88 bits per heavy atom. The van der Waals surface area contributed by atoms with E-state index in [2.05, 4.69) is 5.32 Å². The first-order valence-corrected chi connectivity index (χ1v) is 6.24. The summed E-state index contributed by atoms with van der Waals surface area (Å²) >= 11 is 0. The van der Waals surface area contributed by atoms with E-state index in [0.717, 1.165) is 36.8 Å². The first-order chi connectivity index (χ1) is 8.15. The van der Waals surface area contributed by atoms with Crippen LogP contribution in [0.2, 0.25) is 0 Å². The molecular formula is C14H20N2O. The fourth-order valence-electron chi connectivity index (χ4n) is 2.45. The maximum atomic E-state index is 12.1. The van der Waals surface area contributed by atoms with Crippen LogP contribution in [0.3, 0.4) is 0 Å². The van der Waals surface area contributed by atoms with Gasteiger partial charge in [-0.25, -0.2) is 0 Å². The van der Waals surface area contributed by atoms with Crippen molar-refractivity contribution in [1.29, 1.82) is 0 Å². The van der Waals surface area contributed by atoms with Crippen molar-refractivity contribution in [1.82, 2.24) is 5.32 Å². The van der Waals surface area contributed by atoms with Crippen LogP contribution in [-0.4, -0.2) is 18.0 Å². The molecule has 0 saturated heterocycles. The largest absolute Gasteiger partial charge is 0.345 e.